The Bertz CT molecular complexity index is 607. The van der Waals surface area contributed by atoms with Gasteiger partial charge in [0.05, 0.1) is 12.9 Å². The lowest BCUT2D eigenvalue weighted by Crippen LogP contribution is -2.47. The summed E-state index contributed by atoms with van der Waals surface area (Å²) < 4.78 is 1.65. The van der Waals surface area contributed by atoms with Crippen LogP contribution in [0.25, 0.3) is 0 Å². The van der Waals surface area contributed by atoms with Gasteiger partial charge in [-0.3, -0.25) is 0 Å². The zero-order valence-corrected chi connectivity index (χ0v) is 11.3. The highest BCUT2D eigenvalue weighted by molar-refractivity contribution is 5.82. The molecule has 0 saturated carbocycles. The van der Waals surface area contributed by atoms with Gasteiger partial charge in [0.15, 0.2) is 5.82 Å². The lowest BCUT2D eigenvalue weighted by atomic mass is 10.2. The van der Waals surface area contributed by atoms with Gasteiger partial charge in [0.1, 0.15) is 12.4 Å². The predicted molar refractivity (Wildman–Crippen MR) is 70.1 cm³/mol. The molecule has 0 aromatic carbocycles. The molecule has 0 aliphatic rings. The van der Waals surface area contributed by atoms with Crippen LogP contribution in [0.3, 0.4) is 0 Å². The van der Waals surface area contributed by atoms with Gasteiger partial charge in [-0.15, -0.1) is 10.2 Å². The summed E-state index contributed by atoms with van der Waals surface area (Å²) in [5.41, 5.74) is 0.621. The van der Waals surface area contributed by atoms with Crippen molar-refractivity contribution in [2.24, 2.45) is 7.05 Å². The van der Waals surface area contributed by atoms with Gasteiger partial charge >= 0.3 is 12.0 Å². The molecule has 0 fully saturated rings. The molecule has 0 spiro atoms. The lowest BCUT2D eigenvalue weighted by molar-refractivity contribution is -0.139. The molecule has 2 rings (SSSR count). The van der Waals surface area contributed by atoms with Crippen LogP contribution in [0.5, 0.6) is 0 Å². The zero-order chi connectivity index (χ0) is 15.2. The third kappa shape index (κ3) is 4.03. The summed E-state index contributed by atoms with van der Waals surface area (Å²) in [6.07, 6.45) is 4.58. The highest BCUT2D eigenvalue weighted by Crippen LogP contribution is 1.99. The van der Waals surface area contributed by atoms with E-state index in [0.717, 1.165) is 0 Å². The van der Waals surface area contributed by atoms with E-state index in [9.17, 15) is 9.59 Å². The fourth-order valence-electron chi connectivity index (χ4n) is 1.65. The van der Waals surface area contributed by atoms with Crippen LogP contribution < -0.4 is 10.6 Å². The van der Waals surface area contributed by atoms with E-state index in [2.05, 4.69) is 30.8 Å². The maximum atomic E-state index is 11.7. The minimum atomic E-state index is -1.13. The van der Waals surface area contributed by atoms with Crippen LogP contribution in [-0.2, 0) is 24.8 Å². The Morgan fingerprint density at radius 2 is 2.33 bits per heavy atom. The number of rotatable bonds is 6. The number of aromatic nitrogens is 5. The number of amides is 2. The van der Waals surface area contributed by atoms with Crippen LogP contribution in [-0.4, -0.2) is 47.9 Å². The number of aromatic amines is 1. The molecule has 0 aliphatic heterocycles. The minimum absolute atomic E-state index is 0.118. The Labute approximate surface area is 119 Å². The van der Waals surface area contributed by atoms with Crippen molar-refractivity contribution < 1.29 is 14.7 Å². The first-order valence-electron chi connectivity index (χ1n) is 6.13. The molecule has 21 heavy (non-hydrogen) atoms. The van der Waals surface area contributed by atoms with Gasteiger partial charge in [0.2, 0.25) is 0 Å². The number of nitrogens with one attached hydrogen (secondary N) is 3. The molecule has 4 N–H and O–H groups in total. The molecule has 2 amide bonds. The van der Waals surface area contributed by atoms with Gasteiger partial charge < -0.3 is 25.3 Å². The van der Waals surface area contributed by atoms with Crippen molar-refractivity contribution in [3.05, 3.63) is 30.4 Å². The number of imidazole rings is 1. The molecule has 10 nitrogen and oxygen atoms in total. The van der Waals surface area contributed by atoms with E-state index < -0.39 is 18.0 Å². The first-order valence-corrected chi connectivity index (χ1v) is 6.13. The lowest BCUT2D eigenvalue weighted by Gasteiger charge is -2.14. The Morgan fingerprint density at radius 3 is 2.90 bits per heavy atom. The summed E-state index contributed by atoms with van der Waals surface area (Å²) in [5, 5.41) is 21.5. The van der Waals surface area contributed by atoms with Crippen LogP contribution >= 0.6 is 0 Å². The van der Waals surface area contributed by atoms with Gasteiger partial charge in [-0.25, -0.2) is 14.6 Å². The fraction of sp³-hybridized carbons (Fsp3) is 0.364. The van der Waals surface area contributed by atoms with Crippen molar-refractivity contribution in [3.63, 3.8) is 0 Å². The van der Waals surface area contributed by atoms with Gasteiger partial charge in [-0.2, -0.15) is 0 Å². The average Bonchev–Trinajstić information content (AvgIpc) is 3.07. The van der Waals surface area contributed by atoms with E-state index in [-0.39, 0.29) is 13.0 Å². The first-order chi connectivity index (χ1) is 10.1. The molecule has 2 heterocycles. The second-order valence-electron chi connectivity index (χ2n) is 4.36. The molecule has 0 aliphatic carbocycles. The van der Waals surface area contributed by atoms with Crippen LogP contribution in [0.1, 0.15) is 11.5 Å². The van der Waals surface area contributed by atoms with Crippen molar-refractivity contribution in [2.75, 3.05) is 0 Å². The topological polar surface area (TPSA) is 138 Å². The number of aliphatic carboxylic acids is 1. The van der Waals surface area contributed by atoms with Crippen LogP contribution in [0.15, 0.2) is 18.9 Å². The van der Waals surface area contributed by atoms with Gasteiger partial charge in [-0.1, -0.05) is 0 Å². The number of hydrogen-bond donors (Lipinski definition) is 4. The molecule has 2 aromatic rings. The highest BCUT2D eigenvalue weighted by atomic mass is 16.4. The number of nitrogens with zero attached hydrogens (tertiary/aromatic N) is 4. The van der Waals surface area contributed by atoms with E-state index in [4.69, 9.17) is 5.11 Å². The molecule has 0 radical (unpaired) electrons. The van der Waals surface area contributed by atoms with Crippen molar-refractivity contribution >= 4 is 12.0 Å². The standard InChI is InChI=1S/C11H15N7O3/c1-18-6-15-17-9(18)4-13-11(21)16-8(10(19)20)2-7-3-12-5-14-7/h3,5-6,8H,2,4H2,1H3,(H,12,14)(H,19,20)(H2,13,16,21). The second-order valence-corrected chi connectivity index (χ2v) is 4.36. The largest absolute Gasteiger partial charge is 0.480 e. The van der Waals surface area contributed by atoms with Crippen LogP contribution in [0, 0.1) is 0 Å². The van der Waals surface area contributed by atoms with Crippen molar-refractivity contribution in [2.45, 2.75) is 19.0 Å². The Morgan fingerprint density at radius 1 is 1.52 bits per heavy atom. The zero-order valence-electron chi connectivity index (χ0n) is 11.3. The van der Waals surface area contributed by atoms with E-state index in [1.807, 2.05) is 0 Å². The summed E-state index contributed by atoms with van der Waals surface area (Å²) in [5.74, 6) is -0.566. The summed E-state index contributed by atoms with van der Waals surface area (Å²) in [6, 6.07) is -1.64. The molecule has 1 atom stereocenters. The molecule has 112 valence electrons. The van der Waals surface area contributed by atoms with E-state index in [1.54, 1.807) is 11.6 Å². The molecular formula is C11H15N7O3. The fourth-order valence-corrected chi connectivity index (χ4v) is 1.65. The number of H-pyrrole nitrogens is 1. The third-order valence-corrected chi connectivity index (χ3v) is 2.79. The molecule has 1 unspecified atom stereocenters. The quantitative estimate of drug-likeness (QED) is 0.541. The smallest absolute Gasteiger partial charge is 0.326 e. The number of carbonyl (C=O) groups is 2. The Hall–Kier alpha value is -2.91. The van der Waals surface area contributed by atoms with E-state index in [1.165, 1.54) is 18.9 Å². The molecule has 0 saturated heterocycles. The van der Waals surface area contributed by atoms with Crippen molar-refractivity contribution in [3.8, 4) is 0 Å². The van der Waals surface area contributed by atoms with Gasteiger partial charge in [-0.05, 0) is 0 Å². The number of aryl methyl sites for hydroxylation is 1. The average molecular weight is 293 g/mol. The first kappa shape index (κ1) is 14.5. The van der Waals surface area contributed by atoms with Crippen molar-refractivity contribution in [1.29, 1.82) is 0 Å². The van der Waals surface area contributed by atoms with E-state index in [0.29, 0.717) is 11.5 Å². The second kappa shape index (κ2) is 6.50. The number of hydrogen-bond acceptors (Lipinski definition) is 5. The van der Waals surface area contributed by atoms with E-state index >= 15 is 0 Å². The molecule has 10 heteroatoms. The van der Waals surface area contributed by atoms with Crippen molar-refractivity contribution in [1.82, 2.24) is 35.4 Å². The summed E-state index contributed by atoms with van der Waals surface area (Å²) in [4.78, 5) is 29.5. The van der Waals surface area contributed by atoms with Crippen LogP contribution in [0.2, 0.25) is 0 Å². The maximum Gasteiger partial charge on any atom is 0.326 e. The molecular weight excluding hydrogens is 278 g/mol. The normalized spacial score (nSPS) is 11.9. The molecule has 0 bridgehead atoms. The molecule has 2 aromatic heterocycles. The highest BCUT2D eigenvalue weighted by Gasteiger charge is 2.21. The summed E-state index contributed by atoms with van der Waals surface area (Å²) in [6.45, 7) is 0.152. The number of carbonyl (C=O) groups excluding carboxylic acids is 1. The SMILES string of the molecule is Cn1cnnc1CNC(=O)NC(Cc1cnc[nH]1)C(=O)O. The minimum Gasteiger partial charge on any atom is -0.480 e. The predicted octanol–water partition coefficient (Wildman–Crippen LogP) is -0.967. The maximum absolute atomic E-state index is 11.7. The number of carboxylic acids is 1. The Balaban J connectivity index is 1.86. The third-order valence-electron chi connectivity index (χ3n) is 2.79. The number of carboxylic acid groups (broad SMARTS) is 1. The van der Waals surface area contributed by atoms with Crippen LogP contribution in [0.4, 0.5) is 4.79 Å². The summed E-state index contributed by atoms with van der Waals surface area (Å²) in [7, 11) is 1.74. The summed E-state index contributed by atoms with van der Waals surface area (Å²) >= 11 is 0. The van der Waals surface area contributed by atoms with Gasteiger partial charge in [0, 0.05) is 25.4 Å². The monoisotopic (exact) mass is 293 g/mol. The number of urea groups is 1. The van der Waals surface area contributed by atoms with Gasteiger partial charge in [0.25, 0.3) is 0 Å². The Kier molecular flexibility index (Phi) is 4.49.